The number of carbonyl (C=O) groups is 3. The highest BCUT2D eigenvalue weighted by atomic mass is 16.6. The van der Waals surface area contributed by atoms with Crippen molar-refractivity contribution in [1.29, 1.82) is 0 Å². The van der Waals surface area contributed by atoms with Crippen LogP contribution in [0.4, 0.5) is 0 Å². The maximum atomic E-state index is 14.6. The highest BCUT2D eigenvalue weighted by molar-refractivity contribution is 6.15. The van der Waals surface area contributed by atoms with Crippen LogP contribution in [0.15, 0.2) is 41.0 Å². The quantitative estimate of drug-likeness (QED) is 0.126. The number of fused-ring (bicyclic) bond motifs is 3. The fraction of sp³-hybridized carbons (Fsp3) is 0.564. The molecule has 3 heterocycles. The molecule has 0 amide bonds. The Morgan fingerprint density at radius 2 is 1.82 bits per heavy atom. The lowest BCUT2D eigenvalue weighted by Gasteiger charge is -2.41. The fourth-order valence-corrected chi connectivity index (χ4v) is 6.42. The number of aliphatic carboxylic acids is 1. The van der Waals surface area contributed by atoms with Crippen molar-refractivity contribution in [3.8, 4) is 17.2 Å². The highest BCUT2D eigenvalue weighted by Gasteiger charge is 2.46. The maximum Gasteiger partial charge on any atom is 0.330 e. The Hall–Kier alpha value is -3.73. The minimum Gasteiger partial charge on any atom is -0.506 e. The number of carboxylic acids is 1. The van der Waals surface area contributed by atoms with Crippen LogP contribution in [-0.2, 0) is 20.7 Å². The second-order valence-corrected chi connectivity index (χ2v) is 15.3. The summed E-state index contributed by atoms with van der Waals surface area (Å²) in [7, 11) is 0. The second kappa shape index (κ2) is 14.2. The number of aliphatic hydroxyl groups is 2. The molecule has 0 saturated heterocycles. The smallest absolute Gasteiger partial charge is 0.330 e. The first kappa shape index (κ1) is 38.1. The zero-order valence-corrected chi connectivity index (χ0v) is 30.1. The van der Waals surface area contributed by atoms with Gasteiger partial charge >= 0.3 is 5.97 Å². The van der Waals surface area contributed by atoms with Crippen LogP contribution in [0.5, 0.6) is 17.2 Å². The number of carboxylic acid groups (broad SMARTS) is 1. The van der Waals surface area contributed by atoms with Crippen molar-refractivity contribution >= 4 is 24.1 Å². The van der Waals surface area contributed by atoms with E-state index in [4.69, 9.17) is 14.2 Å². The highest BCUT2D eigenvalue weighted by Crippen LogP contribution is 2.52. The molecule has 0 spiro atoms. The summed E-state index contributed by atoms with van der Waals surface area (Å²) >= 11 is 0. The van der Waals surface area contributed by atoms with E-state index >= 15 is 0 Å². The molecule has 1 aromatic carbocycles. The van der Waals surface area contributed by atoms with Gasteiger partial charge in [-0.05, 0) is 106 Å². The van der Waals surface area contributed by atoms with Crippen LogP contribution < -0.4 is 9.47 Å². The average molecular weight is 681 g/mol. The Bertz CT molecular complexity index is 1600. The summed E-state index contributed by atoms with van der Waals surface area (Å²) in [6.07, 6.45) is 7.90. The summed E-state index contributed by atoms with van der Waals surface area (Å²) in [5.41, 5.74) is -0.934. The van der Waals surface area contributed by atoms with Crippen LogP contribution in [-0.4, -0.2) is 73.6 Å². The van der Waals surface area contributed by atoms with E-state index in [0.29, 0.717) is 36.1 Å². The van der Waals surface area contributed by atoms with E-state index in [1.165, 1.54) is 20.8 Å². The van der Waals surface area contributed by atoms with Gasteiger partial charge in [0, 0.05) is 22.6 Å². The number of Topliss-reactive ketones (excluding diaryl/α,β-unsaturated/α-hetero) is 1. The van der Waals surface area contributed by atoms with Gasteiger partial charge in [-0.3, -0.25) is 4.79 Å². The van der Waals surface area contributed by atoms with E-state index in [0.717, 1.165) is 11.9 Å². The van der Waals surface area contributed by atoms with Gasteiger partial charge in [-0.15, -0.1) is 0 Å². The van der Waals surface area contributed by atoms with Gasteiger partial charge in [0.15, 0.2) is 11.9 Å². The van der Waals surface area contributed by atoms with Crippen molar-refractivity contribution < 1.29 is 49.0 Å². The zero-order valence-electron chi connectivity index (χ0n) is 30.1. The number of rotatable bonds is 10. The third-order valence-corrected chi connectivity index (χ3v) is 10.1. The minimum absolute atomic E-state index is 0.0417. The first-order valence-corrected chi connectivity index (χ1v) is 17.0. The molecule has 6 atom stereocenters. The molecule has 0 aliphatic carbocycles. The standard InChI is InChI=1S/C39H52O10/c1-21(2)10-12-26-33-25(14-16-39(9,49-33)17-15-29(41)37(5,6)46)31(42)30-32(43)27-19-24(20-40)18-23(4)38(7,8)48-28(34(27)47-35(26)30)13-11-22(3)36(44)45/h10-11,14,16,19-20,23-24,28-29,34,41-42,46H,12-13,15,17-18H2,1-9H3,(H,44,45)/b22-11-,27-19-/t23?,24?,28?,29?,34?,39-/m1/s1. The molecule has 5 unspecified atom stereocenters. The number of aliphatic hydroxyl groups excluding tert-OH is 1. The summed E-state index contributed by atoms with van der Waals surface area (Å²) in [5.74, 6) is -2.19. The molecular formula is C39H52O10. The zero-order chi connectivity index (χ0) is 36.6. The summed E-state index contributed by atoms with van der Waals surface area (Å²) in [6, 6.07) is 0. The van der Waals surface area contributed by atoms with Gasteiger partial charge in [0.2, 0.25) is 0 Å². The normalized spacial score (nSPS) is 28.1. The van der Waals surface area contributed by atoms with Crippen molar-refractivity contribution in [3.63, 3.8) is 0 Å². The van der Waals surface area contributed by atoms with Gasteiger partial charge < -0.3 is 39.4 Å². The van der Waals surface area contributed by atoms with Crippen LogP contribution in [0.2, 0.25) is 0 Å². The number of phenols is 1. The Labute approximate surface area is 289 Å². The number of aldehydes is 1. The van der Waals surface area contributed by atoms with Gasteiger partial charge in [0.1, 0.15) is 40.8 Å². The molecule has 0 fully saturated rings. The molecule has 10 nitrogen and oxygen atoms in total. The van der Waals surface area contributed by atoms with Gasteiger partial charge in [-0.2, -0.15) is 0 Å². The average Bonchev–Trinajstić information content (AvgIpc) is 3.04. The van der Waals surface area contributed by atoms with Gasteiger partial charge in [-0.25, -0.2) is 4.79 Å². The summed E-state index contributed by atoms with van der Waals surface area (Å²) in [5, 5.41) is 42.2. The maximum absolute atomic E-state index is 14.6. The lowest BCUT2D eigenvalue weighted by atomic mass is 9.82. The third kappa shape index (κ3) is 8.19. The monoisotopic (exact) mass is 680 g/mol. The summed E-state index contributed by atoms with van der Waals surface area (Å²) in [6.45, 7) is 16.1. The van der Waals surface area contributed by atoms with Crippen molar-refractivity contribution in [3.05, 3.63) is 57.7 Å². The van der Waals surface area contributed by atoms with Gasteiger partial charge in [0.25, 0.3) is 0 Å². The molecule has 3 aliphatic rings. The number of ether oxygens (including phenoxy) is 3. The Kier molecular flexibility index (Phi) is 11.1. The molecule has 0 aromatic heterocycles. The number of benzene rings is 1. The second-order valence-electron chi connectivity index (χ2n) is 15.3. The van der Waals surface area contributed by atoms with Crippen LogP contribution in [0.1, 0.15) is 109 Å². The van der Waals surface area contributed by atoms with Crippen molar-refractivity contribution in [2.45, 2.75) is 130 Å². The van der Waals surface area contributed by atoms with Crippen LogP contribution >= 0.6 is 0 Å². The van der Waals surface area contributed by atoms with E-state index in [1.807, 2.05) is 47.6 Å². The number of aromatic hydroxyl groups is 1. The summed E-state index contributed by atoms with van der Waals surface area (Å²) in [4.78, 5) is 38.7. The first-order chi connectivity index (χ1) is 22.7. The van der Waals surface area contributed by atoms with Crippen LogP contribution in [0, 0.1) is 11.8 Å². The molecule has 0 radical (unpaired) electrons. The van der Waals surface area contributed by atoms with Crippen molar-refractivity contribution in [1.82, 2.24) is 0 Å². The molecule has 4 rings (SSSR count). The molecule has 0 saturated carbocycles. The predicted octanol–water partition coefficient (Wildman–Crippen LogP) is 6.29. The molecular weight excluding hydrogens is 628 g/mol. The predicted molar refractivity (Wildman–Crippen MR) is 186 cm³/mol. The Morgan fingerprint density at radius 1 is 1.14 bits per heavy atom. The number of carbonyl (C=O) groups excluding carboxylic acids is 2. The number of allylic oxidation sites excluding steroid dienone is 3. The molecule has 10 heteroatoms. The van der Waals surface area contributed by atoms with Crippen molar-refractivity contribution in [2.24, 2.45) is 11.8 Å². The van der Waals surface area contributed by atoms with E-state index in [2.05, 4.69) is 0 Å². The van der Waals surface area contributed by atoms with Gasteiger partial charge in [-0.1, -0.05) is 30.7 Å². The number of hydrogen-bond donors (Lipinski definition) is 4. The first-order valence-electron chi connectivity index (χ1n) is 17.0. The largest absolute Gasteiger partial charge is 0.506 e. The Morgan fingerprint density at radius 3 is 2.41 bits per heavy atom. The summed E-state index contributed by atoms with van der Waals surface area (Å²) < 4.78 is 20.1. The molecule has 1 aromatic rings. The number of ketones is 1. The topological polar surface area (TPSA) is 160 Å². The number of phenolic OH excluding ortho intramolecular Hbond substituents is 1. The molecule has 3 aliphatic heterocycles. The SMILES string of the molecule is CC(C)=CCc1c2c(c(O)c3c1OC1/C(=C\C(C=O)CC(C)C(C)(C)OC1C/C=C(/C)C(=O)O)C3=O)C=C[C@](C)(CCC(O)C(C)(C)O)O2. The fourth-order valence-electron chi connectivity index (χ4n) is 6.42. The lowest BCUT2D eigenvalue weighted by molar-refractivity contribution is -0.133. The lowest BCUT2D eigenvalue weighted by Crippen LogP contribution is -2.46. The van der Waals surface area contributed by atoms with E-state index in [9.17, 15) is 34.8 Å². The number of hydrogen-bond acceptors (Lipinski definition) is 9. The van der Waals surface area contributed by atoms with Crippen LogP contribution in [0.25, 0.3) is 6.08 Å². The van der Waals surface area contributed by atoms with Crippen molar-refractivity contribution in [2.75, 3.05) is 0 Å². The van der Waals surface area contributed by atoms with E-state index in [-0.39, 0.29) is 47.0 Å². The van der Waals surface area contributed by atoms with Gasteiger partial charge in [0.05, 0.1) is 22.9 Å². The van der Waals surface area contributed by atoms with E-state index in [1.54, 1.807) is 24.3 Å². The van der Waals surface area contributed by atoms with Crippen LogP contribution in [0.3, 0.4) is 0 Å². The molecule has 0 bridgehead atoms. The Balaban J connectivity index is 1.93. The molecule has 4 N–H and O–H groups in total. The molecule has 49 heavy (non-hydrogen) atoms. The van der Waals surface area contributed by atoms with E-state index < -0.39 is 52.8 Å². The molecule has 268 valence electrons. The third-order valence-electron chi connectivity index (χ3n) is 10.1. The minimum atomic E-state index is -1.31.